The lowest BCUT2D eigenvalue weighted by Gasteiger charge is -2.11. The third-order valence-electron chi connectivity index (χ3n) is 3.87. The first-order valence-electron chi connectivity index (χ1n) is 7.15. The smallest absolute Gasteiger partial charge is 0.0991 e. The average molecular weight is 280 g/mol. The highest BCUT2D eigenvalue weighted by Crippen LogP contribution is 2.34. The highest BCUT2D eigenvalue weighted by molar-refractivity contribution is 6.09. The van der Waals surface area contributed by atoms with Crippen LogP contribution < -0.4 is 0 Å². The van der Waals surface area contributed by atoms with Crippen LogP contribution in [-0.2, 0) is 0 Å². The Balaban J connectivity index is 2.19. The van der Waals surface area contributed by atoms with Gasteiger partial charge in [-0.15, -0.1) is 0 Å². The molecule has 0 atom stereocenters. The molecule has 0 saturated heterocycles. The summed E-state index contributed by atoms with van der Waals surface area (Å²) in [4.78, 5) is 4.74. The van der Waals surface area contributed by atoms with Gasteiger partial charge in [0.2, 0.25) is 0 Å². The van der Waals surface area contributed by atoms with E-state index in [0.29, 0.717) is 5.56 Å². The zero-order valence-corrected chi connectivity index (χ0v) is 11.8. The Morgan fingerprint density at radius 1 is 0.727 bits per heavy atom. The summed E-state index contributed by atoms with van der Waals surface area (Å²) in [5.74, 6) is 0. The van der Waals surface area contributed by atoms with Crippen LogP contribution in [-0.4, -0.2) is 4.98 Å². The van der Waals surface area contributed by atoms with Crippen molar-refractivity contribution in [3.63, 3.8) is 0 Å². The highest BCUT2D eigenvalue weighted by atomic mass is 14.7. The minimum atomic E-state index is 0.669. The number of nitriles is 1. The third kappa shape index (κ3) is 1.92. The Hall–Kier alpha value is -3.18. The second-order valence-electron chi connectivity index (χ2n) is 5.21. The lowest BCUT2D eigenvalue weighted by atomic mass is 9.95. The molecule has 3 aromatic carbocycles. The summed E-state index contributed by atoms with van der Waals surface area (Å²) in [6, 6.07) is 26.2. The molecule has 0 saturated carbocycles. The molecule has 0 aliphatic heterocycles. The molecule has 2 nitrogen and oxygen atoms in total. The van der Waals surface area contributed by atoms with Gasteiger partial charge in [0.25, 0.3) is 0 Å². The second-order valence-corrected chi connectivity index (χ2v) is 5.21. The molecule has 1 heterocycles. The lowest BCUT2D eigenvalue weighted by Crippen LogP contribution is -1.89. The zero-order chi connectivity index (χ0) is 14.9. The van der Waals surface area contributed by atoms with Crippen molar-refractivity contribution in [3.8, 4) is 17.2 Å². The molecule has 4 rings (SSSR count). The van der Waals surface area contributed by atoms with Gasteiger partial charge in [0.05, 0.1) is 22.7 Å². The minimum Gasteiger partial charge on any atom is -0.248 e. The third-order valence-corrected chi connectivity index (χ3v) is 3.87. The molecule has 0 unspecified atom stereocenters. The molecule has 0 amide bonds. The Morgan fingerprint density at radius 3 is 2.00 bits per heavy atom. The zero-order valence-electron chi connectivity index (χ0n) is 11.8. The van der Waals surface area contributed by atoms with E-state index in [1.54, 1.807) is 0 Å². The number of rotatable bonds is 1. The van der Waals surface area contributed by atoms with E-state index in [2.05, 4.69) is 24.3 Å². The molecule has 0 N–H and O–H groups in total. The number of hydrogen-bond donors (Lipinski definition) is 0. The van der Waals surface area contributed by atoms with Gasteiger partial charge in [-0.25, -0.2) is 4.98 Å². The molecule has 22 heavy (non-hydrogen) atoms. The number of aromatic nitrogens is 1. The molecular formula is C20H12N2. The summed E-state index contributed by atoms with van der Waals surface area (Å²) in [7, 11) is 0. The van der Waals surface area contributed by atoms with Crippen molar-refractivity contribution in [2.24, 2.45) is 0 Å². The summed E-state index contributed by atoms with van der Waals surface area (Å²) in [5, 5.41) is 11.4. The minimum absolute atomic E-state index is 0.669. The summed E-state index contributed by atoms with van der Waals surface area (Å²) < 4.78 is 0. The van der Waals surface area contributed by atoms with E-state index in [4.69, 9.17) is 4.98 Å². The Labute approximate surface area is 128 Å². The van der Waals surface area contributed by atoms with Crippen LogP contribution in [0, 0.1) is 11.3 Å². The molecule has 102 valence electrons. The van der Waals surface area contributed by atoms with Crippen molar-refractivity contribution in [2.45, 2.75) is 0 Å². The van der Waals surface area contributed by atoms with Gasteiger partial charge in [-0.3, -0.25) is 0 Å². The maximum absolute atomic E-state index is 9.17. The van der Waals surface area contributed by atoms with Crippen LogP contribution in [0.4, 0.5) is 0 Å². The van der Waals surface area contributed by atoms with Gasteiger partial charge >= 0.3 is 0 Å². The summed E-state index contributed by atoms with van der Waals surface area (Å²) in [6.07, 6.45) is 0. The molecule has 4 aromatic rings. The van der Waals surface area contributed by atoms with Crippen LogP contribution in [0.3, 0.4) is 0 Å². The first kappa shape index (κ1) is 12.6. The molecule has 2 heteroatoms. The van der Waals surface area contributed by atoms with Crippen molar-refractivity contribution in [3.05, 3.63) is 78.4 Å². The normalized spacial score (nSPS) is 10.7. The molecular weight excluding hydrogens is 268 g/mol. The quantitative estimate of drug-likeness (QED) is 0.464. The molecule has 0 fully saturated rings. The molecule has 0 spiro atoms. The van der Waals surface area contributed by atoms with E-state index in [1.807, 2.05) is 54.6 Å². The van der Waals surface area contributed by atoms with Crippen LogP contribution in [0.25, 0.3) is 32.9 Å². The van der Waals surface area contributed by atoms with E-state index in [9.17, 15) is 5.26 Å². The van der Waals surface area contributed by atoms with Crippen molar-refractivity contribution in [2.75, 3.05) is 0 Å². The molecule has 0 radical (unpaired) electrons. The monoisotopic (exact) mass is 280 g/mol. The number of nitrogens with zero attached hydrogens (tertiary/aromatic N) is 2. The predicted octanol–water partition coefficient (Wildman–Crippen LogP) is 4.93. The summed E-state index contributed by atoms with van der Waals surface area (Å²) in [5.41, 5.74) is 4.80. The largest absolute Gasteiger partial charge is 0.248 e. The molecule has 1 aromatic heterocycles. The van der Waals surface area contributed by atoms with Crippen molar-refractivity contribution >= 4 is 21.8 Å². The SMILES string of the molecule is N#Cc1cccc(-c2c3ccccc3nc3ccccc23)c1. The maximum atomic E-state index is 9.17. The highest BCUT2D eigenvalue weighted by Gasteiger charge is 2.10. The van der Waals surface area contributed by atoms with Crippen LogP contribution >= 0.6 is 0 Å². The first-order valence-corrected chi connectivity index (χ1v) is 7.15. The number of hydrogen-bond acceptors (Lipinski definition) is 2. The number of fused-ring (bicyclic) bond motifs is 2. The topological polar surface area (TPSA) is 36.7 Å². The van der Waals surface area contributed by atoms with Crippen molar-refractivity contribution in [1.82, 2.24) is 4.98 Å². The van der Waals surface area contributed by atoms with Gasteiger partial charge in [-0.05, 0) is 29.8 Å². The van der Waals surface area contributed by atoms with Crippen LogP contribution in [0.1, 0.15) is 5.56 Å². The van der Waals surface area contributed by atoms with E-state index in [0.717, 1.165) is 32.9 Å². The molecule has 0 bridgehead atoms. The number of pyridine rings is 1. The Bertz CT molecular complexity index is 988. The maximum Gasteiger partial charge on any atom is 0.0991 e. The van der Waals surface area contributed by atoms with Gasteiger partial charge < -0.3 is 0 Å². The second kappa shape index (κ2) is 4.98. The van der Waals surface area contributed by atoms with Crippen LogP contribution in [0.15, 0.2) is 72.8 Å². The summed E-state index contributed by atoms with van der Waals surface area (Å²) in [6.45, 7) is 0. The fraction of sp³-hybridized carbons (Fsp3) is 0. The molecule has 0 aliphatic carbocycles. The number of benzene rings is 3. The fourth-order valence-corrected chi connectivity index (χ4v) is 2.90. The van der Waals surface area contributed by atoms with E-state index in [-0.39, 0.29) is 0 Å². The van der Waals surface area contributed by atoms with Crippen LogP contribution in [0.5, 0.6) is 0 Å². The Morgan fingerprint density at radius 2 is 1.36 bits per heavy atom. The van der Waals surface area contributed by atoms with E-state index < -0.39 is 0 Å². The predicted molar refractivity (Wildman–Crippen MR) is 89.4 cm³/mol. The van der Waals surface area contributed by atoms with Crippen molar-refractivity contribution in [1.29, 1.82) is 5.26 Å². The van der Waals surface area contributed by atoms with Gasteiger partial charge in [-0.1, -0.05) is 48.5 Å². The summed E-state index contributed by atoms with van der Waals surface area (Å²) >= 11 is 0. The van der Waals surface area contributed by atoms with Gasteiger partial charge in [0.15, 0.2) is 0 Å². The fourth-order valence-electron chi connectivity index (χ4n) is 2.90. The number of para-hydroxylation sites is 2. The van der Waals surface area contributed by atoms with Crippen LogP contribution in [0.2, 0.25) is 0 Å². The average Bonchev–Trinajstić information content (AvgIpc) is 2.59. The lowest BCUT2D eigenvalue weighted by molar-refractivity contribution is 1.48. The standard InChI is InChI=1S/C20H12N2/c21-13-14-6-5-7-15(12-14)20-16-8-1-3-10-18(16)22-19-11-4-2-9-17(19)20/h1-12H. The van der Waals surface area contributed by atoms with E-state index >= 15 is 0 Å². The van der Waals surface area contributed by atoms with E-state index in [1.165, 1.54) is 0 Å². The Kier molecular flexibility index (Phi) is 2.84. The first-order chi connectivity index (χ1) is 10.9. The van der Waals surface area contributed by atoms with Crippen molar-refractivity contribution < 1.29 is 0 Å². The van der Waals surface area contributed by atoms with Gasteiger partial charge in [-0.2, -0.15) is 5.26 Å². The van der Waals surface area contributed by atoms with Gasteiger partial charge in [0.1, 0.15) is 0 Å². The molecule has 0 aliphatic rings. The van der Waals surface area contributed by atoms with Gasteiger partial charge in [0, 0.05) is 16.3 Å².